The molecule has 0 amide bonds. The van der Waals surface area contributed by atoms with Crippen LogP contribution in [0.3, 0.4) is 0 Å². The Morgan fingerprint density at radius 3 is 3.07 bits per heavy atom. The molecule has 0 aliphatic rings. The van der Waals surface area contributed by atoms with Crippen LogP contribution in [0.2, 0.25) is 0 Å². The van der Waals surface area contributed by atoms with E-state index in [0.29, 0.717) is 0 Å². The molecule has 0 spiro atoms. The minimum Gasteiger partial charge on any atom is -0.288 e. The smallest absolute Gasteiger partial charge is 0.160 e. The molecular weight excluding hydrogens is 178 g/mol. The van der Waals surface area contributed by atoms with Crippen molar-refractivity contribution in [2.75, 3.05) is 0 Å². The van der Waals surface area contributed by atoms with Gasteiger partial charge in [0.15, 0.2) is 5.65 Å². The van der Waals surface area contributed by atoms with Crippen LogP contribution in [0.1, 0.15) is 0 Å². The molecule has 3 aromatic heterocycles. The van der Waals surface area contributed by atoms with Gasteiger partial charge < -0.3 is 0 Å². The molecule has 0 aliphatic carbocycles. The molecule has 3 heterocycles. The van der Waals surface area contributed by atoms with E-state index in [1.807, 2.05) is 28.9 Å². The molecule has 0 atom stereocenters. The zero-order valence-electron chi connectivity index (χ0n) is 7.25. The lowest BCUT2D eigenvalue weighted by molar-refractivity contribution is 1.09. The molecule has 0 fully saturated rings. The quantitative estimate of drug-likeness (QED) is 0.618. The van der Waals surface area contributed by atoms with Crippen molar-refractivity contribution in [2.24, 2.45) is 0 Å². The zero-order chi connectivity index (χ0) is 9.38. The van der Waals surface area contributed by atoms with E-state index in [1.54, 1.807) is 12.5 Å². The SMILES string of the molecule is c1cc2nncn2cc1-c1cn[nH]c1. The van der Waals surface area contributed by atoms with Crippen molar-refractivity contribution in [3.05, 3.63) is 37.1 Å². The van der Waals surface area contributed by atoms with Crippen LogP contribution >= 0.6 is 0 Å². The van der Waals surface area contributed by atoms with E-state index in [0.717, 1.165) is 16.8 Å². The van der Waals surface area contributed by atoms with Gasteiger partial charge in [0.1, 0.15) is 6.33 Å². The fraction of sp³-hybridized carbons (Fsp3) is 0. The molecule has 0 saturated carbocycles. The normalized spacial score (nSPS) is 10.9. The summed E-state index contributed by atoms with van der Waals surface area (Å²) in [5, 5.41) is 14.4. The van der Waals surface area contributed by atoms with Gasteiger partial charge in [-0.25, -0.2) is 0 Å². The predicted molar refractivity (Wildman–Crippen MR) is 50.6 cm³/mol. The Hall–Kier alpha value is -2.17. The highest BCUT2D eigenvalue weighted by molar-refractivity contribution is 5.62. The van der Waals surface area contributed by atoms with Crippen LogP contribution in [0.4, 0.5) is 0 Å². The fourth-order valence-electron chi connectivity index (χ4n) is 1.41. The second kappa shape index (κ2) is 2.66. The first-order valence-electron chi connectivity index (χ1n) is 4.22. The molecule has 0 aliphatic heterocycles. The topological polar surface area (TPSA) is 58.9 Å². The molecule has 5 nitrogen and oxygen atoms in total. The molecule has 1 N–H and O–H groups in total. The lowest BCUT2D eigenvalue weighted by atomic mass is 10.2. The molecule has 0 radical (unpaired) electrons. The van der Waals surface area contributed by atoms with E-state index < -0.39 is 0 Å². The van der Waals surface area contributed by atoms with Crippen molar-refractivity contribution >= 4 is 5.65 Å². The van der Waals surface area contributed by atoms with E-state index >= 15 is 0 Å². The van der Waals surface area contributed by atoms with Gasteiger partial charge in [0.25, 0.3) is 0 Å². The minimum atomic E-state index is 0.845. The Bertz CT molecular complexity index is 551. The summed E-state index contributed by atoms with van der Waals surface area (Å²) in [6.45, 7) is 0. The molecule has 0 aromatic carbocycles. The Morgan fingerprint density at radius 1 is 1.21 bits per heavy atom. The number of aromatic amines is 1. The molecule has 68 valence electrons. The van der Waals surface area contributed by atoms with Gasteiger partial charge in [0.2, 0.25) is 0 Å². The standard InChI is InChI=1S/C9H7N5/c1-2-9-13-12-6-14(9)5-7(1)8-3-10-11-4-8/h1-6H,(H,10,11). The van der Waals surface area contributed by atoms with Gasteiger partial charge in [-0.1, -0.05) is 0 Å². The summed E-state index contributed by atoms with van der Waals surface area (Å²) in [7, 11) is 0. The molecule has 0 bridgehead atoms. The second-order valence-corrected chi connectivity index (χ2v) is 3.00. The summed E-state index contributed by atoms with van der Waals surface area (Å²) in [5.74, 6) is 0. The number of fused-ring (bicyclic) bond motifs is 1. The van der Waals surface area contributed by atoms with Crippen molar-refractivity contribution in [2.45, 2.75) is 0 Å². The maximum Gasteiger partial charge on any atom is 0.160 e. The average molecular weight is 185 g/mol. The third-order valence-corrected chi connectivity index (χ3v) is 2.12. The van der Waals surface area contributed by atoms with Gasteiger partial charge in [-0.15, -0.1) is 10.2 Å². The Kier molecular flexibility index (Phi) is 1.38. The molecule has 5 heteroatoms. The molecule has 3 aromatic rings. The lowest BCUT2D eigenvalue weighted by Crippen LogP contribution is -1.83. The highest BCUT2D eigenvalue weighted by atomic mass is 15.2. The summed E-state index contributed by atoms with van der Waals surface area (Å²) in [5.41, 5.74) is 2.99. The summed E-state index contributed by atoms with van der Waals surface area (Å²) in [6, 6.07) is 3.92. The highest BCUT2D eigenvalue weighted by Gasteiger charge is 2.00. The molecule has 14 heavy (non-hydrogen) atoms. The summed E-state index contributed by atoms with van der Waals surface area (Å²) >= 11 is 0. The van der Waals surface area contributed by atoms with E-state index in [-0.39, 0.29) is 0 Å². The maximum absolute atomic E-state index is 3.93. The largest absolute Gasteiger partial charge is 0.288 e. The number of H-pyrrole nitrogens is 1. The Balaban J connectivity index is 2.23. The van der Waals surface area contributed by atoms with Crippen molar-refractivity contribution in [1.82, 2.24) is 24.8 Å². The monoisotopic (exact) mass is 185 g/mol. The first-order valence-corrected chi connectivity index (χ1v) is 4.22. The second-order valence-electron chi connectivity index (χ2n) is 3.00. The first kappa shape index (κ1) is 7.25. The van der Waals surface area contributed by atoms with E-state index in [2.05, 4.69) is 20.4 Å². The van der Waals surface area contributed by atoms with Gasteiger partial charge in [-0.05, 0) is 12.1 Å². The molecule has 3 rings (SSSR count). The van der Waals surface area contributed by atoms with E-state index in [9.17, 15) is 0 Å². The van der Waals surface area contributed by atoms with Crippen molar-refractivity contribution in [1.29, 1.82) is 0 Å². The number of hydrogen-bond donors (Lipinski definition) is 1. The van der Waals surface area contributed by atoms with Crippen molar-refractivity contribution < 1.29 is 0 Å². The van der Waals surface area contributed by atoms with Crippen LogP contribution in [0.15, 0.2) is 37.1 Å². The van der Waals surface area contributed by atoms with E-state index in [1.165, 1.54) is 0 Å². The van der Waals surface area contributed by atoms with Crippen LogP contribution in [0.5, 0.6) is 0 Å². The number of nitrogens with zero attached hydrogens (tertiary/aromatic N) is 4. The maximum atomic E-state index is 3.93. The number of nitrogens with one attached hydrogen (secondary N) is 1. The number of pyridine rings is 1. The first-order chi connectivity index (χ1) is 6.93. The summed E-state index contributed by atoms with van der Waals surface area (Å²) in [4.78, 5) is 0. The minimum absolute atomic E-state index is 0.845. The average Bonchev–Trinajstić information content (AvgIpc) is 2.88. The zero-order valence-corrected chi connectivity index (χ0v) is 7.25. The summed E-state index contributed by atoms with van der Waals surface area (Å²) in [6.07, 6.45) is 7.29. The van der Waals surface area contributed by atoms with Crippen LogP contribution in [0, 0.1) is 0 Å². The van der Waals surface area contributed by atoms with Crippen LogP contribution in [0.25, 0.3) is 16.8 Å². The lowest BCUT2D eigenvalue weighted by Gasteiger charge is -1.97. The third kappa shape index (κ3) is 0.990. The van der Waals surface area contributed by atoms with Crippen molar-refractivity contribution in [3.63, 3.8) is 0 Å². The molecule has 0 unspecified atom stereocenters. The number of rotatable bonds is 1. The van der Waals surface area contributed by atoms with Crippen LogP contribution in [-0.2, 0) is 0 Å². The highest BCUT2D eigenvalue weighted by Crippen LogP contribution is 2.17. The van der Waals surface area contributed by atoms with Crippen LogP contribution in [-0.4, -0.2) is 24.8 Å². The van der Waals surface area contributed by atoms with Gasteiger partial charge in [-0.3, -0.25) is 9.50 Å². The molecular formula is C9H7N5. The van der Waals surface area contributed by atoms with Gasteiger partial charge in [0, 0.05) is 23.5 Å². The summed E-state index contributed by atoms with van der Waals surface area (Å²) < 4.78 is 1.88. The predicted octanol–water partition coefficient (Wildman–Crippen LogP) is 1.12. The Morgan fingerprint density at radius 2 is 2.21 bits per heavy atom. The number of hydrogen-bond acceptors (Lipinski definition) is 3. The van der Waals surface area contributed by atoms with E-state index in [4.69, 9.17) is 0 Å². The Labute approximate surface area is 79.4 Å². The van der Waals surface area contributed by atoms with Gasteiger partial charge in [0.05, 0.1) is 6.20 Å². The fourth-order valence-corrected chi connectivity index (χ4v) is 1.41. The van der Waals surface area contributed by atoms with Crippen molar-refractivity contribution in [3.8, 4) is 11.1 Å². The third-order valence-electron chi connectivity index (χ3n) is 2.12. The van der Waals surface area contributed by atoms with Crippen LogP contribution < -0.4 is 0 Å². The van der Waals surface area contributed by atoms with Gasteiger partial charge >= 0.3 is 0 Å². The number of aromatic nitrogens is 5. The van der Waals surface area contributed by atoms with Gasteiger partial charge in [-0.2, -0.15) is 5.10 Å². The molecule has 0 saturated heterocycles.